The smallest absolute Gasteiger partial charge is 0.0325 e. The third-order valence-electron chi connectivity index (χ3n) is 2.73. The molecule has 0 saturated heterocycles. The minimum atomic E-state index is 0.888. The summed E-state index contributed by atoms with van der Waals surface area (Å²) in [5.74, 6) is 0.888. The highest BCUT2D eigenvalue weighted by Crippen LogP contribution is 2.13. The van der Waals surface area contributed by atoms with Gasteiger partial charge in [-0.2, -0.15) is 0 Å². The largest absolute Gasteiger partial charge is 0.0885 e. The summed E-state index contributed by atoms with van der Waals surface area (Å²) in [6.45, 7) is 6.90. The molecule has 0 nitrogen and oxygen atoms in total. The summed E-state index contributed by atoms with van der Waals surface area (Å²) in [6, 6.07) is 0. The van der Waals surface area contributed by atoms with E-state index in [9.17, 15) is 0 Å². The van der Waals surface area contributed by atoms with Gasteiger partial charge in [0.05, 0.1) is 0 Å². The minimum Gasteiger partial charge on any atom is -0.0885 e. The minimum absolute atomic E-state index is 0.888. The van der Waals surface area contributed by atoms with Gasteiger partial charge >= 0.3 is 0 Å². The van der Waals surface area contributed by atoms with Crippen LogP contribution in [0.25, 0.3) is 0 Å². The van der Waals surface area contributed by atoms with Crippen molar-refractivity contribution in [2.75, 3.05) is 0 Å². The molecule has 0 aromatic rings. The van der Waals surface area contributed by atoms with Gasteiger partial charge in [-0.05, 0) is 18.8 Å². The topological polar surface area (TPSA) is 0 Å². The Morgan fingerprint density at radius 3 is 2.29 bits per heavy atom. The van der Waals surface area contributed by atoms with Crippen LogP contribution in [0, 0.1) is 5.92 Å². The van der Waals surface area contributed by atoms with Gasteiger partial charge in [-0.25, -0.2) is 0 Å². The maximum atomic E-state index is 2.38. The summed E-state index contributed by atoms with van der Waals surface area (Å²) in [5, 5.41) is 0. The molecule has 0 heterocycles. The molecule has 1 atom stereocenters. The number of unbranched alkanes of at least 4 members (excludes halogenated alkanes) is 4. The first-order valence-electron chi connectivity index (χ1n) is 6.46. The third kappa shape index (κ3) is 9.83. The predicted octanol–water partition coefficient (Wildman–Crippen LogP) is 5.34. The average molecular weight is 196 g/mol. The van der Waals surface area contributed by atoms with E-state index in [1.54, 1.807) is 0 Å². The van der Waals surface area contributed by atoms with E-state index in [4.69, 9.17) is 0 Å². The molecule has 0 aliphatic rings. The highest BCUT2D eigenvalue weighted by Gasteiger charge is 1.98. The van der Waals surface area contributed by atoms with E-state index in [1.807, 2.05) is 0 Å². The van der Waals surface area contributed by atoms with Gasteiger partial charge in [0.25, 0.3) is 0 Å². The Balaban J connectivity index is 3.24. The van der Waals surface area contributed by atoms with Gasteiger partial charge in [-0.15, -0.1) is 0 Å². The Bertz CT molecular complexity index is 124. The van der Waals surface area contributed by atoms with E-state index < -0.39 is 0 Å². The second-order valence-corrected chi connectivity index (χ2v) is 4.45. The Kier molecular flexibility index (Phi) is 10.6. The second-order valence-electron chi connectivity index (χ2n) is 4.45. The summed E-state index contributed by atoms with van der Waals surface area (Å²) in [5.41, 5.74) is 0. The fourth-order valence-corrected chi connectivity index (χ4v) is 1.63. The van der Waals surface area contributed by atoms with Crippen molar-refractivity contribution in [3.05, 3.63) is 12.2 Å². The van der Waals surface area contributed by atoms with Crippen LogP contribution in [-0.4, -0.2) is 0 Å². The lowest BCUT2D eigenvalue weighted by atomic mass is 9.99. The highest BCUT2D eigenvalue weighted by atomic mass is 14.0. The van der Waals surface area contributed by atoms with Crippen LogP contribution >= 0.6 is 0 Å². The van der Waals surface area contributed by atoms with Gasteiger partial charge in [0, 0.05) is 0 Å². The van der Waals surface area contributed by atoms with Gasteiger partial charge < -0.3 is 0 Å². The first kappa shape index (κ1) is 13.7. The molecule has 0 heteroatoms. The van der Waals surface area contributed by atoms with Crippen molar-refractivity contribution in [1.29, 1.82) is 0 Å². The molecule has 0 radical (unpaired) electrons. The molecule has 14 heavy (non-hydrogen) atoms. The van der Waals surface area contributed by atoms with E-state index in [0.717, 1.165) is 5.92 Å². The number of rotatable bonds is 9. The third-order valence-corrected chi connectivity index (χ3v) is 2.73. The zero-order chi connectivity index (χ0) is 10.6. The van der Waals surface area contributed by atoms with Crippen molar-refractivity contribution < 1.29 is 0 Å². The number of allylic oxidation sites excluding steroid dienone is 2. The summed E-state index contributed by atoms with van der Waals surface area (Å²) in [7, 11) is 0. The maximum absolute atomic E-state index is 2.38. The lowest BCUT2D eigenvalue weighted by Crippen LogP contribution is -1.92. The van der Waals surface area contributed by atoms with Crippen LogP contribution in [0.5, 0.6) is 0 Å². The van der Waals surface area contributed by atoms with Gasteiger partial charge in [0.2, 0.25) is 0 Å². The van der Waals surface area contributed by atoms with Crippen molar-refractivity contribution >= 4 is 0 Å². The van der Waals surface area contributed by atoms with E-state index in [1.165, 1.54) is 51.4 Å². The molecule has 84 valence electrons. The molecule has 0 aromatic heterocycles. The molecule has 0 aliphatic heterocycles. The normalized spacial score (nSPS) is 13.6. The molecule has 0 aromatic carbocycles. The zero-order valence-corrected chi connectivity index (χ0v) is 10.4. The fraction of sp³-hybridized carbons (Fsp3) is 0.857. The van der Waals surface area contributed by atoms with Crippen molar-refractivity contribution in [2.45, 2.75) is 72.1 Å². The Morgan fingerprint density at radius 2 is 1.64 bits per heavy atom. The Morgan fingerprint density at radius 1 is 0.929 bits per heavy atom. The molecule has 1 unspecified atom stereocenters. The first-order chi connectivity index (χ1) is 6.81. The Labute approximate surface area is 90.8 Å². The van der Waals surface area contributed by atoms with Crippen LogP contribution in [0.2, 0.25) is 0 Å². The summed E-state index contributed by atoms with van der Waals surface area (Å²) < 4.78 is 0. The van der Waals surface area contributed by atoms with Crippen molar-refractivity contribution in [1.82, 2.24) is 0 Å². The molecule has 0 N–H and O–H groups in total. The molecular weight excluding hydrogens is 168 g/mol. The van der Waals surface area contributed by atoms with Crippen LogP contribution in [0.4, 0.5) is 0 Å². The van der Waals surface area contributed by atoms with Crippen LogP contribution in [0.1, 0.15) is 72.1 Å². The molecular formula is C14H28. The van der Waals surface area contributed by atoms with Crippen LogP contribution in [0.3, 0.4) is 0 Å². The van der Waals surface area contributed by atoms with E-state index in [-0.39, 0.29) is 0 Å². The predicted molar refractivity (Wildman–Crippen MR) is 66.6 cm³/mol. The quantitative estimate of drug-likeness (QED) is 0.345. The van der Waals surface area contributed by atoms with Gasteiger partial charge in [0.1, 0.15) is 0 Å². The van der Waals surface area contributed by atoms with E-state index in [2.05, 4.69) is 32.9 Å². The monoisotopic (exact) mass is 196 g/mol. The lowest BCUT2D eigenvalue weighted by Gasteiger charge is -2.07. The maximum Gasteiger partial charge on any atom is -0.0325 e. The first-order valence-corrected chi connectivity index (χ1v) is 6.46. The second kappa shape index (κ2) is 10.8. The van der Waals surface area contributed by atoms with Crippen LogP contribution < -0.4 is 0 Å². The van der Waals surface area contributed by atoms with Crippen molar-refractivity contribution in [3.8, 4) is 0 Å². The van der Waals surface area contributed by atoms with Gasteiger partial charge in [-0.1, -0.05) is 71.4 Å². The average Bonchev–Trinajstić information content (AvgIpc) is 2.18. The fourth-order valence-electron chi connectivity index (χ4n) is 1.63. The summed E-state index contributed by atoms with van der Waals surface area (Å²) >= 11 is 0. The molecule has 0 saturated carbocycles. The highest BCUT2D eigenvalue weighted by molar-refractivity contribution is 4.82. The zero-order valence-electron chi connectivity index (χ0n) is 10.4. The van der Waals surface area contributed by atoms with Crippen LogP contribution in [0.15, 0.2) is 12.2 Å². The molecule has 0 aliphatic carbocycles. The van der Waals surface area contributed by atoms with Crippen molar-refractivity contribution in [3.63, 3.8) is 0 Å². The van der Waals surface area contributed by atoms with Crippen molar-refractivity contribution in [2.24, 2.45) is 5.92 Å². The van der Waals surface area contributed by atoms with Crippen LogP contribution in [-0.2, 0) is 0 Å². The summed E-state index contributed by atoms with van der Waals surface area (Å²) in [4.78, 5) is 0. The molecule has 0 rings (SSSR count). The SMILES string of the molecule is CCCCC=CCC(C)CCCCC. The molecule has 0 fully saturated rings. The summed E-state index contributed by atoms with van der Waals surface area (Å²) in [6.07, 6.45) is 15.5. The lowest BCUT2D eigenvalue weighted by molar-refractivity contribution is 0.500. The van der Waals surface area contributed by atoms with E-state index in [0.29, 0.717) is 0 Å². The van der Waals surface area contributed by atoms with E-state index >= 15 is 0 Å². The van der Waals surface area contributed by atoms with Gasteiger partial charge in [-0.3, -0.25) is 0 Å². The molecule has 0 amide bonds. The van der Waals surface area contributed by atoms with Gasteiger partial charge in [0.15, 0.2) is 0 Å². The molecule has 0 bridgehead atoms. The molecule has 0 spiro atoms. The Hall–Kier alpha value is -0.260. The number of hydrogen-bond donors (Lipinski definition) is 0. The standard InChI is InChI=1S/C14H28/c1-4-6-8-9-11-13-14(3)12-10-7-5-2/h9,11,14H,4-8,10,12-13H2,1-3H3. The number of hydrogen-bond acceptors (Lipinski definition) is 0.